The summed E-state index contributed by atoms with van der Waals surface area (Å²) in [6, 6.07) is 3.97. The van der Waals surface area contributed by atoms with Crippen molar-refractivity contribution < 1.29 is 14.3 Å². The molecule has 18 heavy (non-hydrogen) atoms. The van der Waals surface area contributed by atoms with Gasteiger partial charge in [0, 0.05) is 36.2 Å². The molecule has 3 nitrogen and oxygen atoms in total. The lowest BCUT2D eigenvalue weighted by Gasteiger charge is -2.30. The Hall–Kier alpha value is -1.07. The zero-order valence-corrected chi connectivity index (χ0v) is 11.0. The summed E-state index contributed by atoms with van der Waals surface area (Å²) in [6.45, 7) is 4.48. The van der Waals surface area contributed by atoms with Crippen molar-refractivity contribution >= 4 is 17.7 Å². The molecule has 0 aromatic heterocycles. The van der Waals surface area contributed by atoms with Crippen LogP contribution >= 0.6 is 11.8 Å². The summed E-state index contributed by atoms with van der Waals surface area (Å²) in [5.74, 6) is -0.300. The van der Waals surface area contributed by atoms with Crippen LogP contribution in [0.2, 0.25) is 0 Å². The minimum absolute atomic E-state index is 0.144. The molecule has 1 saturated heterocycles. The standard InChI is InChI=1S/C13H16FNO2S/c1-9-7-15(4-5-18-9)8-11-6-10(13(16)17)2-3-12(11)14/h2-3,6,9H,4-5,7-8H2,1H3,(H,16,17). The van der Waals surface area contributed by atoms with E-state index < -0.39 is 5.97 Å². The molecule has 5 heteroatoms. The second-order valence-electron chi connectivity index (χ2n) is 4.53. The van der Waals surface area contributed by atoms with Crippen molar-refractivity contribution in [2.24, 2.45) is 0 Å². The highest BCUT2D eigenvalue weighted by Crippen LogP contribution is 2.21. The number of benzene rings is 1. The molecule has 0 aliphatic carbocycles. The van der Waals surface area contributed by atoms with E-state index in [1.54, 1.807) is 0 Å². The number of carboxylic acid groups (broad SMARTS) is 1. The van der Waals surface area contributed by atoms with Gasteiger partial charge in [0.1, 0.15) is 5.82 Å². The minimum atomic E-state index is -1.01. The van der Waals surface area contributed by atoms with Crippen molar-refractivity contribution in [2.45, 2.75) is 18.7 Å². The average Bonchev–Trinajstić information content (AvgIpc) is 2.31. The lowest BCUT2D eigenvalue weighted by Crippen LogP contribution is -2.36. The third kappa shape index (κ3) is 3.23. The van der Waals surface area contributed by atoms with Gasteiger partial charge in [-0.1, -0.05) is 6.92 Å². The lowest BCUT2D eigenvalue weighted by molar-refractivity contribution is 0.0696. The third-order valence-electron chi connectivity index (χ3n) is 3.01. The van der Waals surface area contributed by atoms with E-state index in [2.05, 4.69) is 11.8 Å². The molecule has 0 bridgehead atoms. The van der Waals surface area contributed by atoms with E-state index in [-0.39, 0.29) is 11.4 Å². The van der Waals surface area contributed by atoms with Gasteiger partial charge in [0.15, 0.2) is 0 Å². The fourth-order valence-corrected chi connectivity index (χ4v) is 3.19. The largest absolute Gasteiger partial charge is 0.478 e. The Morgan fingerprint density at radius 3 is 3.06 bits per heavy atom. The Kier molecular flexibility index (Phi) is 4.24. The summed E-state index contributed by atoms with van der Waals surface area (Å²) < 4.78 is 13.7. The summed E-state index contributed by atoms with van der Waals surface area (Å²) in [5.41, 5.74) is 0.611. The molecule has 1 aromatic carbocycles. The predicted molar refractivity (Wildman–Crippen MR) is 70.6 cm³/mol. The van der Waals surface area contributed by atoms with Gasteiger partial charge in [-0.15, -0.1) is 0 Å². The van der Waals surface area contributed by atoms with Crippen LogP contribution in [-0.2, 0) is 6.54 Å². The number of halogens is 1. The molecular weight excluding hydrogens is 253 g/mol. The molecule has 0 spiro atoms. The Labute approximate surface area is 110 Å². The molecule has 1 fully saturated rings. The second-order valence-corrected chi connectivity index (χ2v) is 6.07. The lowest BCUT2D eigenvalue weighted by atomic mass is 10.1. The van der Waals surface area contributed by atoms with Gasteiger partial charge in [0.25, 0.3) is 0 Å². The first-order valence-electron chi connectivity index (χ1n) is 5.92. The first-order chi connectivity index (χ1) is 8.56. The van der Waals surface area contributed by atoms with E-state index in [9.17, 15) is 9.18 Å². The number of thioether (sulfide) groups is 1. The highest BCUT2D eigenvalue weighted by atomic mass is 32.2. The number of carbonyl (C=O) groups is 1. The van der Waals surface area contributed by atoms with Crippen molar-refractivity contribution in [3.05, 3.63) is 35.1 Å². The quantitative estimate of drug-likeness (QED) is 0.915. The van der Waals surface area contributed by atoms with Gasteiger partial charge in [0.2, 0.25) is 0 Å². The van der Waals surface area contributed by atoms with Crippen LogP contribution in [0.1, 0.15) is 22.8 Å². The summed E-state index contributed by atoms with van der Waals surface area (Å²) in [4.78, 5) is 13.0. The van der Waals surface area contributed by atoms with Crippen LogP contribution in [0.3, 0.4) is 0 Å². The molecule has 1 aliphatic rings. The first kappa shape index (κ1) is 13.4. The number of hydrogen-bond acceptors (Lipinski definition) is 3. The van der Waals surface area contributed by atoms with E-state index in [0.717, 1.165) is 18.8 Å². The number of hydrogen-bond donors (Lipinski definition) is 1. The van der Waals surface area contributed by atoms with E-state index >= 15 is 0 Å². The Morgan fingerprint density at radius 2 is 2.39 bits per heavy atom. The molecular formula is C13H16FNO2S. The van der Waals surface area contributed by atoms with Gasteiger partial charge < -0.3 is 5.11 Å². The van der Waals surface area contributed by atoms with Gasteiger partial charge in [-0.2, -0.15) is 11.8 Å². The fraction of sp³-hybridized carbons (Fsp3) is 0.462. The molecule has 1 aliphatic heterocycles. The maximum Gasteiger partial charge on any atom is 0.335 e. The normalized spacial score (nSPS) is 20.9. The van der Waals surface area contributed by atoms with Crippen LogP contribution in [0.15, 0.2) is 18.2 Å². The monoisotopic (exact) mass is 269 g/mol. The van der Waals surface area contributed by atoms with Crippen LogP contribution in [0.25, 0.3) is 0 Å². The van der Waals surface area contributed by atoms with E-state index in [1.165, 1.54) is 18.2 Å². The molecule has 98 valence electrons. The summed E-state index contributed by atoms with van der Waals surface area (Å²) in [6.07, 6.45) is 0. The number of aromatic carboxylic acids is 1. The SMILES string of the molecule is CC1CN(Cc2cc(C(=O)O)ccc2F)CCS1. The molecule has 0 amide bonds. The average molecular weight is 269 g/mol. The third-order valence-corrected chi connectivity index (χ3v) is 4.15. The Morgan fingerprint density at radius 1 is 1.61 bits per heavy atom. The zero-order chi connectivity index (χ0) is 13.1. The van der Waals surface area contributed by atoms with Crippen LogP contribution in [0.5, 0.6) is 0 Å². The minimum Gasteiger partial charge on any atom is -0.478 e. The van der Waals surface area contributed by atoms with Crippen molar-refractivity contribution in [1.82, 2.24) is 4.90 Å². The summed E-state index contributed by atoms with van der Waals surface area (Å²) >= 11 is 1.92. The number of rotatable bonds is 3. The smallest absolute Gasteiger partial charge is 0.335 e. The van der Waals surface area contributed by atoms with E-state index in [4.69, 9.17) is 5.11 Å². The Balaban J connectivity index is 2.12. The van der Waals surface area contributed by atoms with Gasteiger partial charge in [-0.3, -0.25) is 4.90 Å². The summed E-state index contributed by atoms with van der Waals surface area (Å²) in [5, 5.41) is 9.45. The molecule has 1 heterocycles. The van der Waals surface area contributed by atoms with Crippen molar-refractivity contribution in [1.29, 1.82) is 0 Å². The summed E-state index contributed by atoms with van der Waals surface area (Å²) in [7, 11) is 0. The second kappa shape index (κ2) is 5.71. The highest BCUT2D eigenvalue weighted by Gasteiger charge is 2.18. The molecule has 0 radical (unpaired) electrons. The predicted octanol–water partition coefficient (Wildman–Crippen LogP) is 2.46. The topological polar surface area (TPSA) is 40.5 Å². The molecule has 1 aromatic rings. The van der Waals surface area contributed by atoms with Crippen molar-refractivity contribution in [2.75, 3.05) is 18.8 Å². The molecule has 0 saturated carbocycles. The number of carboxylic acids is 1. The van der Waals surface area contributed by atoms with Gasteiger partial charge >= 0.3 is 5.97 Å². The van der Waals surface area contributed by atoms with Crippen LogP contribution in [0, 0.1) is 5.82 Å². The maximum absolute atomic E-state index is 13.7. The van der Waals surface area contributed by atoms with Gasteiger partial charge in [-0.25, -0.2) is 9.18 Å². The molecule has 1 unspecified atom stereocenters. The fourth-order valence-electron chi connectivity index (χ4n) is 2.10. The van der Waals surface area contributed by atoms with E-state index in [1.807, 2.05) is 11.8 Å². The molecule has 1 N–H and O–H groups in total. The van der Waals surface area contributed by atoms with Crippen LogP contribution < -0.4 is 0 Å². The maximum atomic E-state index is 13.7. The zero-order valence-electron chi connectivity index (χ0n) is 10.2. The van der Waals surface area contributed by atoms with Crippen molar-refractivity contribution in [3.63, 3.8) is 0 Å². The molecule has 1 atom stereocenters. The number of nitrogens with zero attached hydrogens (tertiary/aromatic N) is 1. The highest BCUT2D eigenvalue weighted by molar-refractivity contribution is 7.99. The van der Waals surface area contributed by atoms with Crippen molar-refractivity contribution in [3.8, 4) is 0 Å². The van der Waals surface area contributed by atoms with Gasteiger partial charge in [0.05, 0.1) is 5.56 Å². The van der Waals surface area contributed by atoms with E-state index in [0.29, 0.717) is 17.4 Å². The Bertz CT molecular complexity index is 453. The first-order valence-corrected chi connectivity index (χ1v) is 6.97. The van der Waals surface area contributed by atoms with Crippen LogP contribution in [0.4, 0.5) is 4.39 Å². The van der Waals surface area contributed by atoms with Gasteiger partial charge in [-0.05, 0) is 18.2 Å². The molecule has 2 rings (SSSR count). The van der Waals surface area contributed by atoms with Crippen LogP contribution in [-0.4, -0.2) is 40.1 Å².